The van der Waals surface area contributed by atoms with E-state index in [-0.39, 0.29) is 23.0 Å². The fraction of sp³-hybridized carbons (Fsp3) is 0.533. The maximum absolute atomic E-state index is 13.6. The van der Waals surface area contributed by atoms with E-state index >= 15 is 0 Å². The molecule has 3 N–H and O–H groups in total. The van der Waals surface area contributed by atoms with Gasteiger partial charge in [-0.05, 0) is 39.3 Å². The molecule has 1 rings (SSSR count). The second-order valence-corrected chi connectivity index (χ2v) is 7.04. The van der Waals surface area contributed by atoms with Gasteiger partial charge < -0.3 is 11.1 Å². The number of carbonyl (C=O) groups is 1. The first kappa shape index (κ1) is 17.0. The zero-order chi connectivity index (χ0) is 15.3. The maximum Gasteiger partial charge on any atom is 0.237 e. The van der Waals surface area contributed by atoms with Crippen molar-refractivity contribution in [1.82, 2.24) is 5.32 Å². The Kier molecular flexibility index (Phi) is 6.02. The van der Waals surface area contributed by atoms with E-state index in [0.717, 1.165) is 0 Å². The number of hydrogen-bond donors (Lipinski definition) is 2. The smallest absolute Gasteiger partial charge is 0.237 e. The van der Waals surface area contributed by atoms with Crippen LogP contribution >= 0.6 is 11.8 Å². The summed E-state index contributed by atoms with van der Waals surface area (Å²) in [6.45, 7) is 7.71. The van der Waals surface area contributed by atoms with Crippen LogP contribution in [0, 0.1) is 5.82 Å². The average molecular weight is 298 g/mol. The molecule has 0 bridgehead atoms. The molecule has 1 aromatic rings. The van der Waals surface area contributed by atoms with Crippen molar-refractivity contribution in [2.75, 3.05) is 0 Å². The molecule has 0 radical (unpaired) electrons. The van der Waals surface area contributed by atoms with Crippen LogP contribution in [0.1, 0.15) is 34.1 Å². The molecule has 112 valence electrons. The SMILES string of the molecule is CC(C)NC(C)(CC(C)Sc1ccccc1F)C(N)=O. The topological polar surface area (TPSA) is 55.1 Å². The van der Waals surface area contributed by atoms with Crippen molar-refractivity contribution in [3.8, 4) is 0 Å². The number of benzene rings is 1. The first-order valence-corrected chi connectivity index (χ1v) is 7.61. The number of primary amides is 1. The minimum absolute atomic E-state index is 0.0654. The summed E-state index contributed by atoms with van der Waals surface area (Å²) in [6, 6.07) is 6.80. The van der Waals surface area contributed by atoms with E-state index in [4.69, 9.17) is 5.73 Å². The zero-order valence-electron chi connectivity index (χ0n) is 12.4. The molecule has 0 fully saturated rings. The van der Waals surface area contributed by atoms with Crippen LogP contribution in [-0.4, -0.2) is 22.7 Å². The number of hydrogen-bond acceptors (Lipinski definition) is 3. The predicted octanol–water partition coefficient (Wildman–Crippen LogP) is 2.94. The lowest BCUT2D eigenvalue weighted by atomic mass is 9.94. The summed E-state index contributed by atoms with van der Waals surface area (Å²) in [7, 11) is 0. The summed E-state index contributed by atoms with van der Waals surface area (Å²) in [6.07, 6.45) is 0.541. The Morgan fingerprint density at radius 2 is 2.00 bits per heavy atom. The Hall–Kier alpha value is -1.07. The summed E-state index contributed by atoms with van der Waals surface area (Å²) in [5.41, 5.74) is 4.72. The van der Waals surface area contributed by atoms with Gasteiger partial charge in [-0.25, -0.2) is 4.39 Å². The Balaban J connectivity index is 2.74. The third-order valence-electron chi connectivity index (χ3n) is 3.01. The molecule has 0 aromatic heterocycles. The van der Waals surface area contributed by atoms with Gasteiger partial charge in [0.25, 0.3) is 0 Å². The van der Waals surface area contributed by atoms with Crippen LogP contribution in [0.25, 0.3) is 0 Å². The molecule has 20 heavy (non-hydrogen) atoms. The van der Waals surface area contributed by atoms with Crippen molar-refractivity contribution in [2.45, 2.75) is 55.8 Å². The minimum Gasteiger partial charge on any atom is -0.368 e. The molecule has 1 amide bonds. The van der Waals surface area contributed by atoms with Gasteiger partial charge in [-0.2, -0.15) is 0 Å². The standard InChI is InChI=1S/C15H23FN2OS/c1-10(2)18-15(4,14(17)19)9-11(3)20-13-8-6-5-7-12(13)16/h5-8,10-11,18H,9H2,1-4H3,(H2,17,19). The van der Waals surface area contributed by atoms with E-state index in [9.17, 15) is 9.18 Å². The highest BCUT2D eigenvalue weighted by molar-refractivity contribution is 8.00. The van der Waals surface area contributed by atoms with Crippen LogP contribution in [0.4, 0.5) is 4.39 Å². The molecule has 1 aromatic carbocycles. The first-order chi connectivity index (χ1) is 9.24. The second kappa shape index (κ2) is 7.09. The molecule has 0 heterocycles. The number of halogens is 1. The van der Waals surface area contributed by atoms with Crippen LogP contribution in [0.3, 0.4) is 0 Å². The first-order valence-electron chi connectivity index (χ1n) is 6.73. The fourth-order valence-electron chi connectivity index (χ4n) is 2.24. The third kappa shape index (κ3) is 4.80. The third-order valence-corrected chi connectivity index (χ3v) is 4.17. The molecule has 3 nitrogen and oxygen atoms in total. The van der Waals surface area contributed by atoms with Gasteiger partial charge in [0, 0.05) is 16.2 Å². The van der Waals surface area contributed by atoms with E-state index < -0.39 is 5.54 Å². The summed E-state index contributed by atoms with van der Waals surface area (Å²) in [5, 5.41) is 3.27. The van der Waals surface area contributed by atoms with E-state index in [1.165, 1.54) is 17.8 Å². The Morgan fingerprint density at radius 3 is 2.50 bits per heavy atom. The van der Waals surface area contributed by atoms with E-state index in [2.05, 4.69) is 5.32 Å². The number of nitrogens with one attached hydrogen (secondary N) is 1. The van der Waals surface area contributed by atoms with Gasteiger partial charge in [0.1, 0.15) is 5.82 Å². The van der Waals surface area contributed by atoms with Crippen molar-refractivity contribution in [1.29, 1.82) is 0 Å². The highest BCUT2D eigenvalue weighted by Gasteiger charge is 2.33. The minimum atomic E-state index is -0.786. The molecule has 0 saturated carbocycles. The molecular weight excluding hydrogens is 275 g/mol. The molecule has 0 aliphatic heterocycles. The molecule has 0 saturated heterocycles. The van der Waals surface area contributed by atoms with E-state index in [1.54, 1.807) is 25.1 Å². The molecule has 2 atom stereocenters. The van der Waals surface area contributed by atoms with E-state index in [1.807, 2.05) is 20.8 Å². The lowest BCUT2D eigenvalue weighted by Gasteiger charge is -2.32. The lowest BCUT2D eigenvalue weighted by molar-refractivity contribution is -0.124. The maximum atomic E-state index is 13.6. The van der Waals surface area contributed by atoms with Crippen LogP contribution < -0.4 is 11.1 Å². The highest BCUT2D eigenvalue weighted by Crippen LogP contribution is 2.30. The number of thioether (sulfide) groups is 1. The molecule has 5 heteroatoms. The van der Waals surface area contributed by atoms with Crippen molar-refractivity contribution in [3.63, 3.8) is 0 Å². The van der Waals surface area contributed by atoms with Gasteiger partial charge in [0.15, 0.2) is 0 Å². The van der Waals surface area contributed by atoms with Crippen LogP contribution in [0.2, 0.25) is 0 Å². The molecule has 0 aliphatic carbocycles. The lowest BCUT2D eigenvalue weighted by Crippen LogP contribution is -2.56. The predicted molar refractivity (Wildman–Crippen MR) is 82.2 cm³/mol. The van der Waals surface area contributed by atoms with E-state index in [0.29, 0.717) is 11.3 Å². The summed E-state index contributed by atoms with van der Waals surface area (Å²) in [4.78, 5) is 12.3. The van der Waals surface area contributed by atoms with Crippen molar-refractivity contribution in [3.05, 3.63) is 30.1 Å². The number of rotatable bonds is 7. The average Bonchev–Trinajstić information content (AvgIpc) is 2.30. The van der Waals surface area contributed by atoms with Gasteiger partial charge >= 0.3 is 0 Å². The highest BCUT2D eigenvalue weighted by atomic mass is 32.2. The molecular formula is C15H23FN2OS. The van der Waals surface area contributed by atoms with Gasteiger partial charge in [-0.15, -0.1) is 11.8 Å². The number of amides is 1. The summed E-state index contributed by atoms with van der Waals surface area (Å²) < 4.78 is 13.6. The normalized spacial score (nSPS) is 15.9. The Bertz CT molecular complexity index is 467. The monoisotopic (exact) mass is 298 g/mol. The quantitative estimate of drug-likeness (QED) is 0.761. The largest absolute Gasteiger partial charge is 0.368 e. The Morgan fingerprint density at radius 1 is 1.40 bits per heavy atom. The number of nitrogens with two attached hydrogens (primary N) is 1. The van der Waals surface area contributed by atoms with Crippen molar-refractivity contribution < 1.29 is 9.18 Å². The van der Waals surface area contributed by atoms with Crippen molar-refractivity contribution in [2.24, 2.45) is 5.73 Å². The molecule has 2 unspecified atom stereocenters. The van der Waals surface area contributed by atoms with Gasteiger partial charge in [0.2, 0.25) is 5.91 Å². The van der Waals surface area contributed by atoms with Crippen molar-refractivity contribution >= 4 is 17.7 Å². The number of carbonyl (C=O) groups excluding carboxylic acids is 1. The van der Waals surface area contributed by atoms with Gasteiger partial charge in [-0.3, -0.25) is 4.79 Å². The molecule has 0 spiro atoms. The van der Waals surface area contributed by atoms with Crippen LogP contribution in [-0.2, 0) is 4.79 Å². The summed E-state index contributed by atoms with van der Waals surface area (Å²) >= 11 is 1.42. The van der Waals surface area contributed by atoms with Crippen LogP contribution in [0.5, 0.6) is 0 Å². The molecule has 0 aliphatic rings. The second-order valence-electron chi connectivity index (χ2n) is 5.56. The fourth-order valence-corrected chi connectivity index (χ4v) is 3.43. The Labute approximate surface area is 124 Å². The van der Waals surface area contributed by atoms with Gasteiger partial charge in [0.05, 0.1) is 5.54 Å². The van der Waals surface area contributed by atoms with Crippen LogP contribution in [0.15, 0.2) is 29.2 Å². The summed E-state index contributed by atoms with van der Waals surface area (Å²) in [5.74, 6) is -0.617. The van der Waals surface area contributed by atoms with Gasteiger partial charge in [-0.1, -0.05) is 19.1 Å². The zero-order valence-corrected chi connectivity index (χ0v) is 13.3.